The molecule has 1 aromatic carbocycles. The smallest absolute Gasteiger partial charge is 0.264 e. The van der Waals surface area contributed by atoms with Gasteiger partial charge in [0.25, 0.3) is 5.56 Å². The second-order valence-electron chi connectivity index (χ2n) is 3.41. The summed E-state index contributed by atoms with van der Waals surface area (Å²) < 4.78 is 0.0608. The number of aromatic nitrogens is 2. The fourth-order valence-corrected chi connectivity index (χ4v) is 1.48. The number of H-pyrrole nitrogens is 2. The molecule has 2 aromatic rings. The average molecular weight is 262 g/mol. The first kappa shape index (κ1) is 12.1. The number of para-hydroxylation sites is 1. The van der Waals surface area contributed by atoms with E-state index < -0.39 is 5.56 Å². The third-order valence-electron chi connectivity index (χ3n) is 2.12. The first-order valence-corrected chi connectivity index (χ1v) is 5.47. The standard InChI is InChI=1S/C11H10N4O2S/c16-9-8(10(17)14-11(18)13-9)6-12-15-7-4-2-1-3-5-7/h1-6,15H,(H3,13,14,16,17,18)/b12-6+. The van der Waals surface area contributed by atoms with Crippen molar-refractivity contribution in [3.05, 3.63) is 51.0 Å². The highest BCUT2D eigenvalue weighted by Gasteiger charge is 2.03. The lowest BCUT2D eigenvalue weighted by molar-refractivity contribution is 0.449. The molecule has 0 amide bonds. The Balaban J connectivity index is 2.20. The molecule has 1 heterocycles. The minimum Gasteiger partial charge on any atom is -0.494 e. The summed E-state index contributed by atoms with van der Waals surface area (Å²) in [7, 11) is 0. The summed E-state index contributed by atoms with van der Waals surface area (Å²) in [5.74, 6) is -0.317. The lowest BCUT2D eigenvalue weighted by Gasteiger charge is -1.99. The number of hydrogen-bond acceptors (Lipinski definition) is 5. The van der Waals surface area contributed by atoms with Crippen LogP contribution in [-0.4, -0.2) is 21.3 Å². The van der Waals surface area contributed by atoms with Crippen molar-refractivity contribution < 1.29 is 5.11 Å². The third kappa shape index (κ3) is 2.83. The Morgan fingerprint density at radius 1 is 1.28 bits per heavy atom. The first-order chi connectivity index (χ1) is 8.66. The Kier molecular flexibility index (Phi) is 3.54. The maximum Gasteiger partial charge on any atom is 0.264 e. The molecule has 0 saturated heterocycles. The Labute approximate surface area is 107 Å². The van der Waals surface area contributed by atoms with Crippen LogP contribution in [0.4, 0.5) is 5.69 Å². The molecule has 4 N–H and O–H groups in total. The van der Waals surface area contributed by atoms with Gasteiger partial charge in [-0.1, -0.05) is 18.2 Å². The van der Waals surface area contributed by atoms with E-state index in [2.05, 4.69) is 20.5 Å². The molecular weight excluding hydrogens is 252 g/mol. The van der Waals surface area contributed by atoms with Crippen LogP contribution in [0.25, 0.3) is 0 Å². The highest BCUT2D eigenvalue weighted by Crippen LogP contribution is 2.06. The van der Waals surface area contributed by atoms with E-state index in [0.29, 0.717) is 0 Å². The lowest BCUT2D eigenvalue weighted by atomic mass is 10.3. The predicted octanol–water partition coefficient (Wildman–Crippen LogP) is 1.58. The average Bonchev–Trinajstić information content (AvgIpc) is 2.34. The number of hydrazone groups is 1. The molecular formula is C11H10N4O2S. The van der Waals surface area contributed by atoms with Crippen molar-refractivity contribution in [1.29, 1.82) is 0 Å². The Morgan fingerprint density at radius 2 is 2.00 bits per heavy atom. The number of benzene rings is 1. The van der Waals surface area contributed by atoms with Crippen molar-refractivity contribution >= 4 is 24.1 Å². The molecule has 2 rings (SSSR count). The molecule has 0 atom stereocenters. The van der Waals surface area contributed by atoms with Crippen LogP contribution in [0.1, 0.15) is 5.56 Å². The normalized spacial score (nSPS) is 10.7. The van der Waals surface area contributed by atoms with Gasteiger partial charge in [-0.3, -0.25) is 15.2 Å². The van der Waals surface area contributed by atoms with Crippen LogP contribution < -0.4 is 11.0 Å². The van der Waals surface area contributed by atoms with Crippen molar-refractivity contribution in [2.75, 3.05) is 5.43 Å². The summed E-state index contributed by atoms with van der Waals surface area (Å²) in [5, 5.41) is 13.4. The topological polar surface area (TPSA) is 93.3 Å². The van der Waals surface area contributed by atoms with Gasteiger partial charge in [0, 0.05) is 0 Å². The second-order valence-corrected chi connectivity index (χ2v) is 3.81. The zero-order chi connectivity index (χ0) is 13.0. The molecule has 0 bridgehead atoms. The van der Waals surface area contributed by atoms with E-state index in [1.807, 2.05) is 30.3 Å². The zero-order valence-electron chi connectivity index (χ0n) is 9.18. The van der Waals surface area contributed by atoms with Gasteiger partial charge in [0.2, 0.25) is 5.88 Å². The Morgan fingerprint density at radius 3 is 2.67 bits per heavy atom. The summed E-state index contributed by atoms with van der Waals surface area (Å²) in [5.41, 5.74) is 3.00. The third-order valence-corrected chi connectivity index (χ3v) is 2.32. The summed E-state index contributed by atoms with van der Waals surface area (Å²) in [6.07, 6.45) is 1.21. The fraction of sp³-hybridized carbons (Fsp3) is 0. The maximum atomic E-state index is 11.5. The van der Waals surface area contributed by atoms with E-state index in [9.17, 15) is 9.90 Å². The van der Waals surface area contributed by atoms with Crippen LogP contribution in [-0.2, 0) is 0 Å². The number of anilines is 1. The number of nitrogens with one attached hydrogen (secondary N) is 3. The molecule has 0 unspecified atom stereocenters. The number of rotatable bonds is 3. The van der Waals surface area contributed by atoms with Gasteiger partial charge in [-0.15, -0.1) is 0 Å². The molecule has 18 heavy (non-hydrogen) atoms. The molecule has 92 valence electrons. The van der Waals surface area contributed by atoms with E-state index in [1.54, 1.807) is 0 Å². The van der Waals surface area contributed by atoms with Crippen molar-refractivity contribution in [2.45, 2.75) is 0 Å². The predicted molar refractivity (Wildman–Crippen MR) is 71.6 cm³/mol. The van der Waals surface area contributed by atoms with Crippen LogP contribution >= 0.6 is 12.2 Å². The van der Waals surface area contributed by atoms with Crippen LogP contribution in [0, 0.1) is 4.77 Å². The first-order valence-electron chi connectivity index (χ1n) is 5.06. The van der Waals surface area contributed by atoms with E-state index in [4.69, 9.17) is 12.2 Å². The quantitative estimate of drug-likeness (QED) is 0.384. The monoisotopic (exact) mass is 262 g/mol. The van der Waals surface area contributed by atoms with Gasteiger partial charge < -0.3 is 10.1 Å². The summed E-state index contributed by atoms with van der Waals surface area (Å²) in [6.45, 7) is 0. The molecule has 0 saturated carbocycles. The molecule has 0 spiro atoms. The van der Waals surface area contributed by atoms with E-state index in [1.165, 1.54) is 6.21 Å². The number of hydrogen-bond donors (Lipinski definition) is 4. The zero-order valence-corrected chi connectivity index (χ0v) is 9.99. The molecule has 6 nitrogen and oxygen atoms in total. The van der Waals surface area contributed by atoms with Gasteiger partial charge in [0.1, 0.15) is 5.56 Å². The van der Waals surface area contributed by atoms with Gasteiger partial charge >= 0.3 is 0 Å². The molecule has 0 aliphatic heterocycles. The maximum absolute atomic E-state index is 11.5. The second kappa shape index (κ2) is 5.28. The Bertz CT molecular complexity index is 675. The molecule has 0 fully saturated rings. The Hall–Kier alpha value is -2.41. The molecule has 0 aliphatic rings. The van der Waals surface area contributed by atoms with Crippen LogP contribution in [0.15, 0.2) is 40.2 Å². The highest BCUT2D eigenvalue weighted by molar-refractivity contribution is 7.71. The van der Waals surface area contributed by atoms with Gasteiger partial charge in [0.05, 0.1) is 11.9 Å². The summed E-state index contributed by atoms with van der Waals surface area (Å²) >= 11 is 4.70. The van der Waals surface area contributed by atoms with E-state index in [0.717, 1.165) is 5.69 Å². The summed E-state index contributed by atoms with van der Waals surface area (Å²) in [6, 6.07) is 9.21. The molecule has 7 heteroatoms. The van der Waals surface area contributed by atoms with Crippen molar-refractivity contribution in [2.24, 2.45) is 5.10 Å². The largest absolute Gasteiger partial charge is 0.494 e. The van der Waals surface area contributed by atoms with Crippen LogP contribution in [0.3, 0.4) is 0 Å². The molecule has 0 aliphatic carbocycles. The molecule has 1 aromatic heterocycles. The number of aromatic amines is 2. The minimum absolute atomic E-state index is 0.00651. The van der Waals surface area contributed by atoms with Gasteiger partial charge in [-0.2, -0.15) is 5.10 Å². The van der Waals surface area contributed by atoms with Crippen molar-refractivity contribution in [3.63, 3.8) is 0 Å². The summed E-state index contributed by atoms with van der Waals surface area (Å²) in [4.78, 5) is 16.3. The van der Waals surface area contributed by atoms with Gasteiger partial charge in [-0.25, -0.2) is 0 Å². The van der Waals surface area contributed by atoms with Gasteiger partial charge in [-0.05, 0) is 24.4 Å². The van der Waals surface area contributed by atoms with Gasteiger partial charge in [0.15, 0.2) is 4.77 Å². The fourth-order valence-electron chi connectivity index (χ4n) is 1.29. The van der Waals surface area contributed by atoms with Crippen LogP contribution in [0.2, 0.25) is 0 Å². The number of aromatic hydroxyl groups is 1. The van der Waals surface area contributed by atoms with E-state index >= 15 is 0 Å². The van der Waals surface area contributed by atoms with Crippen molar-refractivity contribution in [3.8, 4) is 5.88 Å². The van der Waals surface area contributed by atoms with E-state index in [-0.39, 0.29) is 16.2 Å². The number of nitrogens with zero attached hydrogens (tertiary/aromatic N) is 1. The van der Waals surface area contributed by atoms with Crippen LogP contribution in [0.5, 0.6) is 5.88 Å². The minimum atomic E-state index is -0.505. The SMILES string of the molecule is O=c1[nH]c(=S)[nH]c(O)c1/C=N/Nc1ccccc1. The lowest BCUT2D eigenvalue weighted by Crippen LogP contribution is -2.14. The van der Waals surface area contributed by atoms with Crippen molar-refractivity contribution in [1.82, 2.24) is 9.97 Å². The highest BCUT2D eigenvalue weighted by atomic mass is 32.1. The molecule has 0 radical (unpaired) electrons.